The maximum absolute atomic E-state index is 11.1. The Morgan fingerprint density at radius 2 is 2.36 bits per heavy atom. The predicted octanol–water partition coefficient (Wildman–Crippen LogP) is 0.765. The molecule has 1 unspecified atom stereocenters. The van der Waals surface area contributed by atoms with Crippen molar-refractivity contribution in [2.45, 2.75) is 6.42 Å². The molecule has 62 valence electrons. The number of fused-ring (bicyclic) bond motifs is 2. The van der Waals surface area contributed by atoms with Gasteiger partial charge in [-0.25, -0.2) is 4.57 Å². The van der Waals surface area contributed by atoms with Crippen molar-refractivity contribution >= 4 is 7.82 Å². The fourth-order valence-electron chi connectivity index (χ4n) is 0.974. The highest BCUT2D eigenvalue weighted by atomic mass is 31.2. The molecule has 1 fully saturated rings. The van der Waals surface area contributed by atoms with Gasteiger partial charge in [0.15, 0.2) is 11.5 Å². The molecule has 2 aliphatic rings. The van der Waals surface area contributed by atoms with Crippen LogP contribution in [0.5, 0.6) is 0 Å². The molecule has 6 heteroatoms. The first-order valence-corrected chi connectivity index (χ1v) is 4.66. The lowest BCUT2D eigenvalue weighted by molar-refractivity contribution is 0.223. The Balaban J connectivity index is 2.19. The molecule has 0 aromatic rings. The topological polar surface area (TPSA) is 65.0 Å². The lowest BCUT2D eigenvalue weighted by atomic mass is 10.3. The molecule has 0 amide bonds. The fraction of sp³-hybridized carbons (Fsp3) is 0.600. The van der Waals surface area contributed by atoms with Gasteiger partial charge in [-0.3, -0.25) is 4.52 Å². The number of rotatable bonds is 2. The molecule has 5 nitrogen and oxygen atoms in total. The summed E-state index contributed by atoms with van der Waals surface area (Å²) in [5.41, 5.74) is 0. The van der Waals surface area contributed by atoms with Crippen LogP contribution in [0.1, 0.15) is 6.42 Å². The normalized spacial score (nSPS) is 33.9. The molecule has 0 aromatic heterocycles. The average Bonchev–Trinajstić information content (AvgIpc) is 2.43. The van der Waals surface area contributed by atoms with E-state index >= 15 is 0 Å². The molecule has 11 heavy (non-hydrogen) atoms. The van der Waals surface area contributed by atoms with Crippen LogP contribution in [-0.2, 0) is 18.1 Å². The first-order valence-electron chi connectivity index (χ1n) is 3.20. The van der Waals surface area contributed by atoms with E-state index in [-0.39, 0.29) is 13.2 Å². The SMILES string of the molecule is O=P12OCC(=C(CCO)O1)O2. The number of aliphatic hydroxyl groups excluding tert-OH is 1. The second-order valence-electron chi connectivity index (χ2n) is 2.22. The molecule has 0 aromatic carbocycles. The molecule has 0 radical (unpaired) electrons. The van der Waals surface area contributed by atoms with E-state index in [0.29, 0.717) is 17.9 Å². The highest BCUT2D eigenvalue weighted by Crippen LogP contribution is 2.63. The van der Waals surface area contributed by atoms with Gasteiger partial charge in [-0.05, 0) is 0 Å². The highest BCUT2D eigenvalue weighted by molar-refractivity contribution is 7.49. The van der Waals surface area contributed by atoms with Gasteiger partial charge in [-0.1, -0.05) is 0 Å². The number of phosphoric acid groups is 1. The van der Waals surface area contributed by atoms with E-state index < -0.39 is 7.82 Å². The summed E-state index contributed by atoms with van der Waals surface area (Å²) >= 11 is 0. The van der Waals surface area contributed by atoms with Crippen LogP contribution in [0.3, 0.4) is 0 Å². The Morgan fingerprint density at radius 3 is 2.82 bits per heavy atom. The molecule has 2 rings (SSSR count). The minimum atomic E-state index is -3.25. The molecule has 1 saturated heterocycles. The van der Waals surface area contributed by atoms with Gasteiger partial charge in [-0.15, -0.1) is 0 Å². The lowest BCUT2D eigenvalue weighted by Crippen LogP contribution is -1.98. The highest BCUT2D eigenvalue weighted by Gasteiger charge is 2.47. The largest absolute Gasteiger partial charge is 0.587 e. The summed E-state index contributed by atoms with van der Waals surface area (Å²) in [4.78, 5) is 0. The van der Waals surface area contributed by atoms with Gasteiger partial charge in [0.25, 0.3) is 0 Å². The lowest BCUT2D eigenvalue weighted by Gasteiger charge is -2.07. The summed E-state index contributed by atoms with van der Waals surface area (Å²) in [7, 11) is -3.25. The summed E-state index contributed by atoms with van der Waals surface area (Å²) in [6, 6.07) is 0. The number of hydrogen-bond acceptors (Lipinski definition) is 5. The van der Waals surface area contributed by atoms with Crippen LogP contribution in [0.2, 0.25) is 0 Å². The van der Waals surface area contributed by atoms with Crippen LogP contribution in [0.4, 0.5) is 0 Å². The second kappa shape index (κ2) is 2.24. The van der Waals surface area contributed by atoms with E-state index in [1.54, 1.807) is 0 Å². The molecule has 0 spiro atoms. The average molecular weight is 178 g/mol. The van der Waals surface area contributed by atoms with E-state index in [9.17, 15) is 4.57 Å². The molecule has 1 atom stereocenters. The standard InChI is InChI=1S/C5H7O5P/c6-2-1-4-5-3-8-11(7,9-4)10-5/h6H,1-3H2. The van der Waals surface area contributed by atoms with Gasteiger partial charge in [0.05, 0.1) is 6.61 Å². The molecule has 1 N–H and O–H groups in total. The van der Waals surface area contributed by atoms with Gasteiger partial charge in [-0.2, -0.15) is 0 Å². The molecular formula is C5H7O5P. The van der Waals surface area contributed by atoms with Crippen molar-refractivity contribution in [3.8, 4) is 0 Å². The van der Waals surface area contributed by atoms with Crippen LogP contribution >= 0.6 is 7.82 Å². The van der Waals surface area contributed by atoms with Crippen LogP contribution in [-0.4, -0.2) is 18.3 Å². The summed E-state index contributed by atoms with van der Waals surface area (Å²) < 4.78 is 25.4. The Kier molecular flexibility index (Phi) is 1.45. The molecule has 2 heterocycles. The maximum Gasteiger partial charge on any atom is 0.587 e. The Bertz CT molecular complexity index is 258. The van der Waals surface area contributed by atoms with E-state index in [1.807, 2.05) is 0 Å². The third-order valence-electron chi connectivity index (χ3n) is 1.45. The molecule has 0 aliphatic carbocycles. The molecule has 2 bridgehead atoms. The minimum absolute atomic E-state index is 0.0395. The van der Waals surface area contributed by atoms with Crippen molar-refractivity contribution in [3.05, 3.63) is 11.5 Å². The van der Waals surface area contributed by atoms with E-state index in [4.69, 9.17) is 14.2 Å². The molecular weight excluding hydrogens is 171 g/mol. The van der Waals surface area contributed by atoms with Gasteiger partial charge < -0.3 is 14.2 Å². The van der Waals surface area contributed by atoms with Crippen molar-refractivity contribution in [1.29, 1.82) is 0 Å². The molecule has 0 saturated carbocycles. The third-order valence-corrected chi connectivity index (χ3v) is 2.78. The van der Waals surface area contributed by atoms with Crippen LogP contribution in [0.25, 0.3) is 0 Å². The van der Waals surface area contributed by atoms with Crippen molar-refractivity contribution in [1.82, 2.24) is 0 Å². The zero-order valence-corrected chi connectivity index (χ0v) is 6.54. The summed E-state index contributed by atoms with van der Waals surface area (Å²) in [5, 5.41) is 8.54. The number of phosphoric ester groups is 1. The number of hydrogen-bond donors (Lipinski definition) is 1. The minimum Gasteiger partial charge on any atom is -0.396 e. The first-order chi connectivity index (χ1) is 5.23. The Labute approximate surface area is 63.2 Å². The summed E-state index contributed by atoms with van der Waals surface area (Å²) in [6.07, 6.45) is 0.336. The van der Waals surface area contributed by atoms with Gasteiger partial charge in [0.1, 0.15) is 6.61 Å². The second-order valence-corrected chi connectivity index (χ2v) is 3.74. The van der Waals surface area contributed by atoms with Crippen molar-refractivity contribution in [2.24, 2.45) is 0 Å². The Morgan fingerprint density at radius 1 is 1.55 bits per heavy atom. The zero-order chi connectivity index (χ0) is 7.90. The monoisotopic (exact) mass is 178 g/mol. The fourth-order valence-corrected chi connectivity index (χ4v) is 2.28. The van der Waals surface area contributed by atoms with Crippen LogP contribution in [0, 0.1) is 0 Å². The van der Waals surface area contributed by atoms with Crippen LogP contribution in [0.15, 0.2) is 11.5 Å². The Hall–Kier alpha value is -0.510. The van der Waals surface area contributed by atoms with Crippen molar-refractivity contribution < 1.29 is 23.2 Å². The van der Waals surface area contributed by atoms with Crippen molar-refractivity contribution in [3.63, 3.8) is 0 Å². The first kappa shape index (κ1) is 7.16. The van der Waals surface area contributed by atoms with E-state index in [1.165, 1.54) is 0 Å². The quantitative estimate of drug-likeness (QED) is 0.632. The smallest absolute Gasteiger partial charge is 0.396 e. The zero-order valence-electron chi connectivity index (χ0n) is 5.65. The number of aliphatic hydroxyl groups is 1. The predicted molar refractivity (Wildman–Crippen MR) is 34.5 cm³/mol. The van der Waals surface area contributed by atoms with Gasteiger partial charge in [0.2, 0.25) is 0 Å². The maximum atomic E-state index is 11.1. The van der Waals surface area contributed by atoms with E-state index in [2.05, 4.69) is 4.52 Å². The van der Waals surface area contributed by atoms with Crippen molar-refractivity contribution in [2.75, 3.05) is 13.2 Å². The van der Waals surface area contributed by atoms with E-state index in [0.717, 1.165) is 0 Å². The molecule has 2 aliphatic heterocycles. The summed E-state index contributed by atoms with van der Waals surface area (Å²) in [5.74, 6) is 0.921. The van der Waals surface area contributed by atoms with Crippen LogP contribution < -0.4 is 0 Å². The third kappa shape index (κ3) is 1.05. The summed E-state index contributed by atoms with van der Waals surface area (Å²) in [6.45, 7) is 0.162. The van der Waals surface area contributed by atoms with Gasteiger partial charge >= 0.3 is 7.82 Å². The van der Waals surface area contributed by atoms with Gasteiger partial charge in [0, 0.05) is 6.42 Å².